The van der Waals surface area contributed by atoms with Gasteiger partial charge in [0.05, 0.1) is 13.2 Å². The quantitative estimate of drug-likeness (QED) is 0.583. The van der Waals surface area contributed by atoms with Crippen LogP contribution in [-0.2, 0) is 17.9 Å². The van der Waals surface area contributed by atoms with Gasteiger partial charge in [-0.05, 0) is 11.1 Å². The predicted molar refractivity (Wildman–Crippen MR) is 103 cm³/mol. The summed E-state index contributed by atoms with van der Waals surface area (Å²) in [5.74, 6) is 0.470. The lowest BCUT2D eigenvalue weighted by molar-refractivity contribution is -0.176. The number of rotatable bonds is 6. The second kappa shape index (κ2) is 9.24. The van der Waals surface area contributed by atoms with Crippen LogP contribution in [0.2, 0.25) is 0 Å². The van der Waals surface area contributed by atoms with Crippen molar-refractivity contribution in [3.63, 3.8) is 0 Å². The number of ether oxygens (including phenoxy) is 1. The van der Waals surface area contributed by atoms with Crippen LogP contribution in [0.15, 0.2) is 40.8 Å². The number of anilines is 1. The van der Waals surface area contributed by atoms with Gasteiger partial charge in [-0.1, -0.05) is 24.3 Å². The van der Waals surface area contributed by atoms with E-state index in [1.807, 2.05) is 16.3 Å². The van der Waals surface area contributed by atoms with Gasteiger partial charge in [0.2, 0.25) is 0 Å². The van der Waals surface area contributed by atoms with Gasteiger partial charge < -0.3 is 20.3 Å². The van der Waals surface area contributed by atoms with Crippen LogP contribution in [0.1, 0.15) is 11.1 Å². The number of nitrogens with zero attached hydrogens (tertiary/aromatic N) is 4. The molecule has 152 valence electrons. The maximum atomic E-state index is 12.2. The molecule has 6 nitrogen and oxygen atoms in total. The van der Waals surface area contributed by atoms with Crippen LogP contribution in [0.4, 0.5) is 18.3 Å². The normalized spacial score (nSPS) is 15.9. The Hall–Kier alpha value is -2.33. The second-order valence-electron chi connectivity index (χ2n) is 6.39. The highest BCUT2D eigenvalue weighted by atomic mass is 32.1. The van der Waals surface area contributed by atoms with Crippen LogP contribution in [0.25, 0.3) is 0 Å². The third-order valence-electron chi connectivity index (χ3n) is 4.24. The van der Waals surface area contributed by atoms with Crippen molar-refractivity contribution in [3.05, 3.63) is 47.0 Å². The first-order valence-corrected chi connectivity index (χ1v) is 9.70. The molecular weight excluding hydrogens is 391 g/mol. The predicted octanol–water partition coefficient (Wildman–Crippen LogP) is 2.86. The lowest BCUT2D eigenvalue weighted by Gasteiger charge is -2.35. The zero-order valence-electron chi connectivity index (χ0n) is 15.2. The first-order chi connectivity index (χ1) is 13.4. The summed E-state index contributed by atoms with van der Waals surface area (Å²) < 4.78 is 41.2. The molecule has 0 bridgehead atoms. The summed E-state index contributed by atoms with van der Waals surface area (Å²) in [5, 5.41) is 2.97. The van der Waals surface area contributed by atoms with Crippen molar-refractivity contribution in [3.8, 4) is 0 Å². The van der Waals surface area contributed by atoms with Crippen molar-refractivity contribution in [2.45, 2.75) is 19.3 Å². The largest absolute Gasteiger partial charge is 0.411 e. The van der Waals surface area contributed by atoms with Gasteiger partial charge >= 0.3 is 6.18 Å². The number of nitrogens with two attached hydrogens (primary N) is 1. The van der Waals surface area contributed by atoms with Crippen molar-refractivity contribution >= 4 is 22.4 Å². The topological polar surface area (TPSA) is 67.0 Å². The van der Waals surface area contributed by atoms with E-state index in [0.717, 1.165) is 36.9 Å². The Balaban J connectivity index is 1.49. The first-order valence-electron chi connectivity index (χ1n) is 8.82. The van der Waals surface area contributed by atoms with E-state index >= 15 is 0 Å². The third kappa shape index (κ3) is 6.10. The number of aliphatic imine (C=N–C) groups is 1. The summed E-state index contributed by atoms with van der Waals surface area (Å²) in [6, 6.07) is 7.16. The average Bonchev–Trinajstić information content (AvgIpc) is 3.20. The minimum atomic E-state index is -4.32. The first kappa shape index (κ1) is 20.4. The van der Waals surface area contributed by atoms with Crippen molar-refractivity contribution in [1.82, 2.24) is 9.88 Å². The maximum Gasteiger partial charge on any atom is 0.411 e. The van der Waals surface area contributed by atoms with Crippen molar-refractivity contribution in [1.29, 1.82) is 0 Å². The minimum absolute atomic E-state index is 0.0920. The molecule has 1 aliphatic rings. The highest BCUT2D eigenvalue weighted by Gasteiger charge is 2.27. The average molecular weight is 413 g/mol. The zero-order valence-corrected chi connectivity index (χ0v) is 16.0. The highest BCUT2D eigenvalue weighted by molar-refractivity contribution is 7.13. The summed E-state index contributed by atoms with van der Waals surface area (Å²) in [7, 11) is 0. The van der Waals surface area contributed by atoms with Crippen LogP contribution in [0.5, 0.6) is 0 Å². The molecule has 1 aromatic carbocycles. The summed E-state index contributed by atoms with van der Waals surface area (Å²) in [6.07, 6.45) is -2.52. The lowest BCUT2D eigenvalue weighted by atomic mass is 10.1. The molecule has 28 heavy (non-hydrogen) atoms. The van der Waals surface area contributed by atoms with E-state index < -0.39 is 12.8 Å². The zero-order chi connectivity index (χ0) is 20.0. The molecule has 1 aromatic heterocycles. The fourth-order valence-corrected chi connectivity index (χ4v) is 3.57. The minimum Gasteiger partial charge on any atom is -0.370 e. The molecule has 1 saturated heterocycles. The van der Waals surface area contributed by atoms with Crippen LogP contribution in [-0.4, -0.2) is 54.8 Å². The molecule has 0 saturated carbocycles. The number of aromatic nitrogens is 1. The van der Waals surface area contributed by atoms with Gasteiger partial charge in [-0.25, -0.2) is 9.98 Å². The molecule has 0 unspecified atom stereocenters. The van der Waals surface area contributed by atoms with Gasteiger partial charge in [-0.3, -0.25) is 0 Å². The van der Waals surface area contributed by atoms with E-state index in [-0.39, 0.29) is 6.61 Å². The van der Waals surface area contributed by atoms with E-state index in [9.17, 15) is 13.2 Å². The van der Waals surface area contributed by atoms with E-state index in [1.165, 1.54) is 0 Å². The Morgan fingerprint density at radius 2 is 1.96 bits per heavy atom. The number of thiazole rings is 1. The number of halogens is 3. The van der Waals surface area contributed by atoms with Crippen LogP contribution >= 0.6 is 11.3 Å². The molecule has 10 heteroatoms. The van der Waals surface area contributed by atoms with Gasteiger partial charge in [0, 0.05) is 37.8 Å². The molecule has 1 aliphatic heterocycles. The number of benzene rings is 1. The Morgan fingerprint density at radius 3 is 2.64 bits per heavy atom. The maximum absolute atomic E-state index is 12.2. The molecule has 1 fully saturated rings. The van der Waals surface area contributed by atoms with E-state index in [1.54, 1.807) is 35.7 Å². The molecule has 0 amide bonds. The third-order valence-corrected chi connectivity index (χ3v) is 5.08. The van der Waals surface area contributed by atoms with Gasteiger partial charge in [0.25, 0.3) is 0 Å². The lowest BCUT2D eigenvalue weighted by Crippen LogP contribution is -2.51. The monoisotopic (exact) mass is 413 g/mol. The summed E-state index contributed by atoms with van der Waals surface area (Å²) in [5.41, 5.74) is 7.67. The van der Waals surface area contributed by atoms with Gasteiger partial charge in [-0.15, -0.1) is 11.3 Å². The second-order valence-corrected chi connectivity index (χ2v) is 7.26. The summed E-state index contributed by atoms with van der Waals surface area (Å²) in [6.45, 7) is 2.21. The standard InChI is InChI=1S/C18H22F3N5OS/c19-18(20,21)13-27-12-15-3-1-2-14(10-15)11-24-16(22)25-5-7-26(8-6-25)17-23-4-9-28-17/h1-4,9-10H,5-8,11-13H2,(H2,22,24). The summed E-state index contributed by atoms with van der Waals surface area (Å²) in [4.78, 5) is 13.0. The van der Waals surface area contributed by atoms with Gasteiger partial charge in [0.1, 0.15) is 6.61 Å². The van der Waals surface area contributed by atoms with E-state index in [4.69, 9.17) is 10.5 Å². The van der Waals surface area contributed by atoms with Gasteiger partial charge in [0.15, 0.2) is 11.1 Å². The van der Waals surface area contributed by atoms with Crippen LogP contribution in [0, 0.1) is 0 Å². The molecular formula is C18H22F3N5OS. The number of guanidine groups is 1. The molecule has 0 radical (unpaired) electrons. The molecule has 2 N–H and O–H groups in total. The molecule has 2 aromatic rings. The molecule has 0 aliphatic carbocycles. The molecule has 3 rings (SSSR count). The van der Waals surface area contributed by atoms with E-state index in [2.05, 4.69) is 14.9 Å². The van der Waals surface area contributed by atoms with Crippen molar-refractivity contribution in [2.24, 2.45) is 10.7 Å². The smallest absolute Gasteiger partial charge is 0.370 e. The number of alkyl halides is 3. The number of hydrogen-bond acceptors (Lipinski definition) is 5. The van der Waals surface area contributed by atoms with E-state index in [0.29, 0.717) is 18.1 Å². The van der Waals surface area contributed by atoms with Crippen molar-refractivity contribution in [2.75, 3.05) is 37.7 Å². The van der Waals surface area contributed by atoms with Gasteiger partial charge in [-0.2, -0.15) is 13.2 Å². The fourth-order valence-electron chi connectivity index (χ4n) is 2.87. The Morgan fingerprint density at radius 1 is 1.21 bits per heavy atom. The fraction of sp³-hybridized carbons (Fsp3) is 0.444. The number of piperazine rings is 1. The Labute approximate surface area is 165 Å². The number of hydrogen-bond donors (Lipinski definition) is 1. The van der Waals surface area contributed by atoms with Crippen LogP contribution in [0.3, 0.4) is 0 Å². The highest BCUT2D eigenvalue weighted by Crippen LogP contribution is 2.19. The molecule has 0 spiro atoms. The summed E-state index contributed by atoms with van der Waals surface area (Å²) >= 11 is 1.62. The SMILES string of the molecule is NC(=NCc1cccc(COCC(F)(F)F)c1)N1CCN(c2nccs2)CC1. The molecule has 2 heterocycles. The Kier molecular flexibility index (Phi) is 6.74. The Bertz CT molecular complexity index is 774. The molecule has 0 atom stereocenters. The van der Waals surface area contributed by atoms with Crippen LogP contribution < -0.4 is 10.6 Å². The van der Waals surface area contributed by atoms with Crippen molar-refractivity contribution < 1.29 is 17.9 Å².